The van der Waals surface area contributed by atoms with Crippen LogP contribution in [0.15, 0.2) is 59.3 Å². The number of methoxy groups -OCH3 is 1. The lowest BCUT2D eigenvalue weighted by Crippen LogP contribution is -2.29. The fraction of sp³-hybridized carbons (Fsp3) is 0.621. The minimum atomic E-state index is -0.920. The third-order valence-corrected chi connectivity index (χ3v) is 5.59. The molecule has 0 spiro atoms. The lowest BCUT2D eigenvalue weighted by molar-refractivity contribution is -0.155. The zero-order valence-electron chi connectivity index (χ0n) is 22.2. The van der Waals surface area contributed by atoms with E-state index in [9.17, 15) is 4.79 Å². The first-order chi connectivity index (χ1) is 15.5. The number of allylic oxidation sites excluding steroid dienone is 8. The van der Waals surface area contributed by atoms with E-state index in [1.54, 1.807) is 0 Å². The maximum Gasteiger partial charge on any atom is 0.337 e. The molecule has 0 saturated heterocycles. The number of aliphatic hydroxyl groups excluding tert-OH is 1. The minimum Gasteiger partial charge on any atom is -0.467 e. The first-order valence-electron chi connectivity index (χ1n) is 12.1. The smallest absolute Gasteiger partial charge is 0.337 e. The topological polar surface area (TPSA) is 55.8 Å². The molecular formula is C29H48O4. The van der Waals surface area contributed by atoms with E-state index in [0.29, 0.717) is 0 Å². The van der Waals surface area contributed by atoms with E-state index in [1.165, 1.54) is 29.4 Å². The summed E-state index contributed by atoms with van der Waals surface area (Å²) in [5.41, 5.74) is 5.46. The van der Waals surface area contributed by atoms with E-state index >= 15 is 0 Å². The Morgan fingerprint density at radius 1 is 1.00 bits per heavy atom. The van der Waals surface area contributed by atoms with Crippen LogP contribution in [0, 0.1) is 5.41 Å². The predicted octanol–water partition coefficient (Wildman–Crippen LogP) is 7.27. The molecule has 0 heterocycles. The minimum absolute atomic E-state index is 0.140. The Kier molecular flexibility index (Phi) is 16.5. The van der Waals surface area contributed by atoms with Gasteiger partial charge in [0.25, 0.3) is 0 Å². The van der Waals surface area contributed by atoms with Gasteiger partial charge in [0.05, 0.1) is 20.3 Å². The zero-order valence-corrected chi connectivity index (χ0v) is 22.2. The second-order valence-electron chi connectivity index (χ2n) is 9.83. The van der Waals surface area contributed by atoms with Crippen molar-refractivity contribution >= 4 is 5.97 Å². The Hall–Kier alpha value is -1.91. The number of carbonyl (C=O) groups is 1. The molecule has 0 amide bonds. The van der Waals surface area contributed by atoms with Gasteiger partial charge in [0.1, 0.15) is 0 Å². The summed E-state index contributed by atoms with van der Waals surface area (Å²) in [6, 6.07) is 0. The van der Waals surface area contributed by atoms with Crippen molar-refractivity contribution in [3.8, 4) is 0 Å². The fourth-order valence-electron chi connectivity index (χ4n) is 3.14. The quantitative estimate of drug-likeness (QED) is 0.183. The Bertz CT molecular complexity index is 703. The fourth-order valence-corrected chi connectivity index (χ4v) is 3.14. The van der Waals surface area contributed by atoms with Crippen LogP contribution in [0.1, 0.15) is 86.5 Å². The van der Waals surface area contributed by atoms with E-state index in [-0.39, 0.29) is 18.6 Å². The highest BCUT2D eigenvalue weighted by molar-refractivity contribution is 5.74. The Morgan fingerprint density at radius 2 is 1.64 bits per heavy atom. The van der Waals surface area contributed by atoms with E-state index < -0.39 is 12.1 Å². The molecule has 0 radical (unpaired) electrons. The highest BCUT2D eigenvalue weighted by Crippen LogP contribution is 2.27. The molecule has 0 aromatic carbocycles. The summed E-state index contributed by atoms with van der Waals surface area (Å²) in [6.45, 7) is 17.3. The molecule has 0 aliphatic heterocycles. The van der Waals surface area contributed by atoms with Crippen LogP contribution in [-0.4, -0.2) is 37.5 Å². The van der Waals surface area contributed by atoms with Crippen molar-refractivity contribution in [3.63, 3.8) is 0 Å². The Labute approximate surface area is 203 Å². The molecule has 0 aromatic heterocycles. The lowest BCUT2D eigenvalue weighted by Gasteiger charge is -2.20. The van der Waals surface area contributed by atoms with Crippen molar-refractivity contribution < 1.29 is 19.4 Å². The third kappa shape index (κ3) is 17.3. The average molecular weight is 461 g/mol. The van der Waals surface area contributed by atoms with Crippen LogP contribution in [0.2, 0.25) is 0 Å². The second-order valence-corrected chi connectivity index (χ2v) is 9.83. The van der Waals surface area contributed by atoms with E-state index in [1.807, 2.05) is 13.0 Å². The van der Waals surface area contributed by atoms with Crippen LogP contribution >= 0.6 is 0 Å². The molecular weight excluding hydrogens is 412 g/mol. The van der Waals surface area contributed by atoms with Gasteiger partial charge in [0.15, 0.2) is 6.10 Å². The second kappa shape index (κ2) is 17.6. The number of aliphatic hydroxyl groups is 1. The van der Waals surface area contributed by atoms with Gasteiger partial charge in [-0.05, 0) is 78.1 Å². The summed E-state index contributed by atoms with van der Waals surface area (Å²) in [5.74, 6) is -0.554. The summed E-state index contributed by atoms with van der Waals surface area (Å²) in [4.78, 5) is 11.4. The van der Waals surface area contributed by atoms with Crippen LogP contribution in [0.25, 0.3) is 0 Å². The molecule has 188 valence electrons. The Morgan fingerprint density at radius 3 is 2.24 bits per heavy atom. The largest absolute Gasteiger partial charge is 0.467 e. The summed E-state index contributed by atoms with van der Waals surface area (Å²) < 4.78 is 9.95. The van der Waals surface area contributed by atoms with Crippen molar-refractivity contribution in [3.05, 3.63) is 59.3 Å². The number of hydrogen-bond donors (Lipinski definition) is 1. The zero-order chi connectivity index (χ0) is 25.3. The lowest BCUT2D eigenvalue weighted by atomic mass is 9.85. The van der Waals surface area contributed by atoms with Crippen molar-refractivity contribution in [1.82, 2.24) is 0 Å². The third-order valence-electron chi connectivity index (χ3n) is 5.59. The van der Waals surface area contributed by atoms with Crippen molar-refractivity contribution in [2.75, 3.05) is 20.3 Å². The van der Waals surface area contributed by atoms with Gasteiger partial charge in [-0.1, -0.05) is 73.1 Å². The maximum absolute atomic E-state index is 11.4. The van der Waals surface area contributed by atoms with Gasteiger partial charge in [-0.15, -0.1) is 0 Å². The number of ether oxygens (including phenoxy) is 2. The van der Waals surface area contributed by atoms with Crippen molar-refractivity contribution in [1.29, 1.82) is 0 Å². The molecule has 0 saturated carbocycles. The first kappa shape index (κ1) is 31.1. The highest BCUT2D eigenvalue weighted by Gasteiger charge is 2.17. The normalized spacial score (nSPS) is 13.8. The van der Waals surface area contributed by atoms with Crippen LogP contribution in [-0.2, 0) is 14.3 Å². The van der Waals surface area contributed by atoms with Gasteiger partial charge in [-0.3, -0.25) is 0 Å². The molecule has 0 aliphatic rings. The van der Waals surface area contributed by atoms with E-state index in [4.69, 9.17) is 9.84 Å². The van der Waals surface area contributed by atoms with Crippen molar-refractivity contribution in [2.45, 2.75) is 92.6 Å². The van der Waals surface area contributed by atoms with Crippen LogP contribution in [0.5, 0.6) is 0 Å². The summed E-state index contributed by atoms with van der Waals surface area (Å²) in [5, 5.41) is 9.16. The van der Waals surface area contributed by atoms with Gasteiger partial charge < -0.3 is 14.6 Å². The molecule has 4 nitrogen and oxygen atoms in total. The summed E-state index contributed by atoms with van der Waals surface area (Å²) in [6.07, 6.45) is 17.4. The highest BCUT2D eigenvalue weighted by atomic mass is 16.6. The predicted molar refractivity (Wildman–Crippen MR) is 140 cm³/mol. The number of hydrogen-bond acceptors (Lipinski definition) is 4. The molecule has 0 aromatic rings. The van der Waals surface area contributed by atoms with Crippen LogP contribution in [0.4, 0.5) is 0 Å². The molecule has 1 N–H and O–H groups in total. The van der Waals surface area contributed by atoms with Crippen molar-refractivity contribution in [2.24, 2.45) is 5.41 Å². The molecule has 4 heteroatoms. The molecule has 33 heavy (non-hydrogen) atoms. The number of rotatable bonds is 17. The monoisotopic (exact) mass is 460 g/mol. The van der Waals surface area contributed by atoms with Crippen LogP contribution in [0.3, 0.4) is 0 Å². The maximum atomic E-state index is 11.4. The van der Waals surface area contributed by atoms with Gasteiger partial charge in [0, 0.05) is 0 Å². The molecule has 0 unspecified atom stereocenters. The molecule has 1 atom stereocenters. The number of esters is 1. The van der Waals surface area contributed by atoms with Gasteiger partial charge in [-0.25, -0.2) is 4.79 Å². The van der Waals surface area contributed by atoms with E-state index in [0.717, 1.165) is 44.9 Å². The van der Waals surface area contributed by atoms with E-state index in [2.05, 4.69) is 70.2 Å². The number of carbonyl (C=O) groups excluding carboxylic acids is 1. The van der Waals surface area contributed by atoms with Gasteiger partial charge >= 0.3 is 5.97 Å². The molecule has 0 bridgehead atoms. The first-order valence-corrected chi connectivity index (χ1v) is 12.1. The van der Waals surface area contributed by atoms with Gasteiger partial charge in [0.2, 0.25) is 0 Å². The molecule has 0 aliphatic carbocycles. The average Bonchev–Trinajstić information content (AvgIpc) is 2.76. The standard InChI is InChI=1S/C29H48O4/c1-23(2)12-11-14-24(3)15-16-26(5)17-20-29(6,7)19-10-9-13-25(4)18-21-33-27(22-30)28(31)32-8/h10,12,15,18-19,27,30H,5,9,11,13-14,16-17,20-22H2,1-4,6-8H3/b19-10+,24-15+,25-18-/t27-/m1/s1. The molecule has 0 rings (SSSR count). The summed E-state index contributed by atoms with van der Waals surface area (Å²) in [7, 11) is 1.28. The van der Waals surface area contributed by atoms with Crippen LogP contribution < -0.4 is 0 Å². The summed E-state index contributed by atoms with van der Waals surface area (Å²) >= 11 is 0. The SMILES string of the molecule is C=C(C/C=C(\C)CCC=C(C)C)CCC(C)(C)/C=C/CC/C(C)=C\CO[C@H](CO)C(=O)OC. The molecule has 0 fully saturated rings. The Balaban J connectivity index is 4.29. The van der Waals surface area contributed by atoms with Gasteiger partial charge in [-0.2, -0.15) is 0 Å².